The number of nitrogens with one attached hydrogen (secondary N) is 2. The van der Waals surface area contributed by atoms with E-state index in [4.69, 9.17) is 0 Å². The minimum atomic E-state index is -0.240. The fraction of sp³-hybridized carbons (Fsp3) is 0.391. The summed E-state index contributed by atoms with van der Waals surface area (Å²) >= 11 is 0. The molecule has 2 atom stereocenters. The lowest BCUT2D eigenvalue weighted by atomic mass is 9.89. The first-order chi connectivity index (χ1) is 14.7. The van der Waals surface area contributed by atoms with Crippen molar-refractivity contribution in [2.45, 2.75) is 31.2 Å². The zero-order chi connectivity index (χ0) is 20.2. The Morgan fingerprint density at radius 2 is 2.17 bits per heavy atom. The molecule has 1 amide bonds. The van der Waals surface area contributed by atoms with Gasteiger partial charge in [0.05, 0.1) is 29.1 Å². The van der Waals surface area contributed by atoms with Crippen LogP contribution in [0.1, 0.15) is 30.0 Å². The van der Waals surface area contributed by atoms with Crippen molar-refractivity contribution in [2.24, 2.45) is 0 Å². The molecule has 2 aromatic carbocycles. The van der Waals surface area contributed by atoms with E-state index in [1.54, 1.807) is 0 Å². The Morgan fingerprint density at radius 1 is 1.23 bits per heavy atom. The Balaban J connectivity index is 1.14. The molecule has 0 spiro atoms. The third kappa shape index (κ3) is 2.80. The molecular formula is C23H24FN5O. The van der Waals surface area contributed by atoms with Crippen molar-refractivity contribution < 1.29 is 9.18 Å². The van der Waals surface area contributed by atoms with E-state index in [-0.39, 0.29) is 11.7 Å². The van der Waals surface area contributed by atoms with Crippen LogP contribution in [0.4, 0.5) is 15.8 Å². The summed E-state index contributed by atoms with van der Waals surface area (Å²) in [4.78, 5) is 17.0. The number of aromatic amines is 1. The number of likely N-dealkylation sites (tertiary alicyclic amines) is 1. The Hall–Kier alpha value is -2.93. The van der Waals surface area contributed by atoms with Gasteiger partial charge >= 0.3 is 0 Å². The topological polar surface area (TPSA) is 64.3 Å². The molecule has 4 heterocycles. The van der Waals surface area contributed by atoms with Gasteiger partial charge in [-0.15, -0.1) is 0 Å². The molecule has 2 N–H and O–H groups in total. The summed E-state index contributed by atoms with van der Waals surface area (Å²) in [6, 6.07) is 11.5. The highest BCUT2D eigenvalue weighted by atomic mass is 19.1. The van der Waals surface area contributed by atoms with Crippen LogP contribution in [-0.2, 0) is 11.2 Å². The van der Waals surface area contributed by atoms with E-state index in [0.717, 1.165) is 61.2 Å². The monoisotopic (exact) mass is 405 g/mol. The van der Waals surface area contributed by atoms with Gasteiger partial charge in [-0.05, 0) is 55.6 Å². The van der Waals surface area contributed by atoms with Crippen molar-refractivity contribution in [3.63, 3.8) is 0 Å². The van der Waals surface area contributed by atoms with Crippen LogP contribution in [0.15, 0.2) is 36.4 Å². The number of piperidine rings is 1. The van der Waals surface area contributed by atoms with Gasteiger partial charge in [0.25, 0.3) is 0 Å². The summed E-state index contributed by atoms with van der Waals surface area (Å²) in [6.45, 7) is 3.57. The number of aryl methyl sites for hydroxylation is 1. The van der Waals surface area contributed by atoms with E-state index >= 15 is 0 Å². The predicted octanol–water partition coefficient (Wildman–Crippen LogP) is 3.26. The lowest BCUT2D eigenvalue weighted by Gasteiger charge is -2.39. The summed E-state index contributed by atoms with van der Waals surface area (Å²) in [5, 5.41) is 11.4. The maximum Gasteiger partial charge on any atom is 0.243 e. The number of nitrogens with zero attached hydrogens (tertiary/aromatic N) is 3. The molecule has 3 aliphatic heterocycles. The number of H-pyrrole nitrogens is 1. The van der Waals surface area contributed by atoms with E-state index < -0.39 is 0 Å². The largest absolute Gasteiger partial charge is 0.357 e. The number of carbonyl (C=O) groups excluding carboxylic acids is 1. The number of para-hydroxylation sites is 1. The highest BCUT2D eigenvalue weighted by Crippen LogP contribution is 2.49. The summed E-state index contributed by atoms with van der Waals surface area (Å²) in [7, 11) is 0. The van der Waals surface area contributed by atoms with E-state index in [1.807, 2.05) is 12.1 Å². The number of anilines is 2. The minimum absolute atomic E-state index is 0.0915. The number of carbonyl (C=O) groups is 1. The van der Waals surface area contributed by atoms with Crippen LogP contribution in [0.2, 0.25) is 0 Å². The van der Waals surface area contributed by atoms with Crippen molar-refractivity contribution in [1.82, 2.24) is 15.1 Å². The van der Waals surface area contributed by atoms with E-state index in [9.17, 15) is 9.18 Å². The van der Waals surface area contributed by atoms with Crippen LogP contribution in [0, 0.1) is 5.82 Å². The molecule has 6 nitrogen and oxygen atoms in total. The van der Waals surface area contributed by atoms with Crippen LogP contribution in [0.5, 0.6) is 0 Å². The van der Waals surface area contributed by atoms with Crippen LogP contribution < -0.4 is 10.2 Å². The lowest BCUT2D eigenvalue weighted by Crippen LogP contribution is -2.49. The molecule has 0 radical (unpaired) electrons. The third-order valence-electron chi connectivity index (χ3n) is 6.89. The number of fused-ring (bicyclic) bond motifs is 4. The molecule has 1 aromatic heterocycles. The summed E-state index contributed by atoms with van der Waals surface area (Å²) in [5.41, 5.74) is 5.36. The van der Waals surface area contributed by atoms with Gasteiger partial charge in [0, 0.05) is 30.4 Å². The Labute approximate surface area is 174 Å². The number of halogens is 1. The van der Waals surface area contributed by atoms with Crippen molar-refractivity contribution >= 4 is 28.2 Å². The fourth-order valence-corrected chi connectivity index (χ4v) is 5.59. The minimum Gasteiger partial charge on any atom is -0.357 e. The lowest BCUT2D eigenvalue weighted by molar-refractivity contribution is -0.115. The van der Waals surface area contributed by atoms with E-state index in [2.05, 4.69) is 37.4 Å². The first-order valence-corrected chi connectivity index (χ1v) is 10.7. The van der Waals surface area contributed by atoms with E-state index in [1.165, 1.54) is 23.4 Å². The van der Waals surface area contributed by atoms with Gasteiger partial charge in [0.1, 0.15) is 5.82 Å². The first-order valence-electron chi connectivity index (χ1n) is 10.7. The summed E-state index contributed by atoms with van der Waals surface area (Å²) in [5.74, 6) is 0.305. The fourth-order valence-electron chi connectivity index (χ4n) is 5.59. The SMILES string of the molecule is O=C1CN2c3c(cccc3[C@@H]3CN(CCCc4n[nH]c5cc(F)ccc45)CC[C@@H]32)N1. The van der Waals surface area contributed by atoms with Gasteiger partial charge in [-0.3, -0.25) is 9.89 Å². The second-order valence-electron chi connectivity index (χ2n) is 8.65. The zero-order valence-electron chi connectivity index (χ0n) is 16.7. The Bertz CT molecular complexity index is 1140. The number of rotatable bonds is 4. The molecule has 0 bridgehead atoms. The molecule has 154 valence electrons. The second-order valence-corrected chi connectivity index (χ2v) is 8.65. The highest BCUT2D eigenvalue weighted by molar-refractivity contribution is 6.03. The number of hydrogen-bond acceptors (Lipinski definition) is 4. The molecule has 1 saturated heterocycles. The number of hydrogen-bond donors (Lipinski definition) is 2. The maximum atomic E-state index is 13.4. The molecule has 30 heavy (non-hydrogen) atoms. The average Bonchev–Trinajstić information content (AvgIpc) is 3.28. The van der Waals surface area contributed by atoms with Gasteiger partial charge in [-0.25, -0.2) is 4.39 Å². The molecule has 1 fully saturated rings. The quantitative estimate of drug-likeness (QED) is 0.699. The van der Waals surface area contributed by atoms with Gasteiger partial charge in [-0.1, -0.05) is 12.1 Å². The first kappa shape index (κ1) is 17.9. The van der Waals surface area contributed by atoms with Crippen LogP contribution in [0.3, 0.4) is 0 Å². The van der Waals surface area contributed by atoms with Gasteiger partial charge in [0.15, 0.2) is 0 Å². The average molecular weight is 405 g/mol. The Kier molecular flexibility index (Phi) is 4.06. The van der Waals surface area contributed by atoms with E-state index in [0.29, 0.717) is 18.5 Å². The van der Waals surface area contributed by atoms with Crippen LogP contribution in [-0.4, -0.2) is 53.2 Å². The molecular weight excluding hydrogens is 381 g/mol. The Morgan fingerprint density at radius 3 is 3.10 bits per heavy atom. The highest BCUT2D eigenvalue weighted by Gasteiger charge is 2.44. The molecule has 0 aliphatic carbocycles. The molecule has 3 aliphatic rings. The smallest absolute Gasteiger partial charge is 0.243 e. The normalized spacial score (nSPS) is 22.8. The number of aromatic nitrogens is 2. The van der Waals surface area contributed by atoms with Crippen molar-refractivity contribution in [3.8, 4) is 0 Å². The van der Waals surface area contributed by atoms with Crippen LogP contribution >= 0.6 is 0 Å². The summed E-state index contributed by atoms with van der Waals surface area (Å²) in [6.07, 6.45) is 2.98. The predicted molar refractivity (Wildman–Crippen MR) is 114 cm³/mol. The standard InChI is InChI=1S/C23H24FN5O/c24-14-6-7-16-18(26-27-20(16)11-14)5-2-9-28-10-8-21-17(12-28)15-3-1-4-19-23(15)29(21)13-22(30)25-19/h1,3-4,6-7,11,17,21H,2,5,8-10,12-13H2,(H,25,30)(H,26,27)/t17-,21-/m0/s1. The number of benzene rings is 2. The van der Waals surface area contributed by atoms with Crippen LogP contribution in [0.25, 0.3) is 10.9 Å². The van der Waals surface area contributed by atoms with Gasteiger partial charge < -0.3 is 15.1 Å². The summed E-state index contributed by atoms with van der Waals surface area (Å²) < 4.78 is 13.4. The number of amides is 1. The van der Waals surface area contributed by atoms with Gasteiger partial charge in [-0.2, -0.15) is 5.10 Å². The zero-order valence-corrected chi connectivity index (χ0v) is 16.7. The maximum absolute atomic E-state index is 13.4. The van der Waals surface area contributed by atoms with Gasteiger partial charge in [0.2, 0.25) is 5.91 Å². The van der Waals surface area contributed by atoms with Crippen molar-refractivity contribution in [2.75, 3.05) is 36.4 Å². The van der Waals surface area contributed by atoms with Crippen molar-refractivity contribution in [3.05, 3.63) is 53.5 Å². The molecule has 6 rings (SSSR count). The molecule has 7 heteroatoms. The molecule has 3 aromatic rings. The van der Waals surface area contributed by atoms with Crippen molar-refractivity contribution in [1.29, 1.82) is 0 Å². The second kappa shape index (κ2) is 6.80. The molecule has 0 unspecified atom stereocenters. The third-order valence-corrected chi connectivity index (χ3v) is 6.89. The molecule has 0 saturated carbocycles.